The molecule has 0 saturated carbocycles. The van der Waals surface area contributed by atoms with Crippen LogP contribution in [0.25, 0.3) is 11.0 Å². The molecule has 158 valence electrons. The molecule has 0 aliphatic carbocycles. The second-order valence-electron chi connectivity index (χ2n) is 7.04. The smallest absolute Gasteiger partial charge is 0.251 e. The lowest BCUT2D eigenvalue weighted by Crippen LogP contribution is -2.29. The molecular weight excluding hydrogens is 392 g/mol. The summed E-state index contributed by atoms with van der Waals surface area (Å²) in [5.74, 6) is 1.98. The SMILES string of the molecule is COc1ccccc1OCCn1c(C(C)NC(=O)c2ccncc2)nc2ccccc21. The van der Waals surface area contributed by atoms with E-state index in [-0.39, 0.29) is 11.9 Å². The third kappa shape index (κ3) is 4.50. The number of carbonyl (C=O) groups is 1. The lowest BCUT2D eigenvalue weighted by atomic mass is 10.2. The van der Waals surface area contributed by atoms with Gasteiger partial charge in [-0.2, -0.15) is 0 Å². The lowest BCUT2D eigenvalue weighted by Gasteiger charge is -2.17. The molecule has 1 unspecified atom stereocenters. The molecule has 4 rings (SSSR count). The standard InChI is InChI=1S/C24H24N4O3/c1-17(26-24(29)18-11-13-25-14-12-18)23-27-19-7-3-4-8-20(19)28(23)15-16-31-22-10-6-5-9-21(22)30-2/h3-14,17H,15-16H2,1-2H3,(H,26,29). The summed E-state index contributed by atoms with van der Waals surface area (Å²) < 4.78 is 13.4. The van der Waals surface area contributed by atoms with Crippen LogP contribution >= 0.6 is 0 Å². The Morgan fingerprint density at radius 3 is 2.52 bits per heavy atom. The number of amides is 1. The Morgan fingerprint density at radius 2 is 1.74 bits per heavy atom. The molecule has 31 heavy (non-hydrogen) atoms. The van der Waals surface area contributed by atoms with Gasteiger partial charge < -0.3 is 19.4 Å². The summed E-state index contributed by atoms with van der Waals surface area (Å²) in [5, 5.41) is 3.03. The van der Waals surface area contributed by atoms with E-state index < -0.39 is 0 Å². The number of nitrogens with one attached hydrogen (secondary N) is 1. The minimum absolute atomic E-state index is 0.168. The van der Waals surface area contributed by atoms with Gasteiger partial charge in [-0.15, -0.1) is 0 Å². The number of pyridine rings is 1. The molecule has 0 spiro atoms. The number of rotatable bonds is 8. The molecule has 7 nitrogen and oxygen atoms in total. The van der Waals surface area contributed by atoms with Gasteiger partial charge in [0.1, 0.15) is 12.4 Å². The van der Waals surface area contributed by atoms with Crippen LogP contribution in [-0.2, 0) is 6.54 Å². The van der Waals surface area contributed by atoms with E-state index in [0.717, 1.165) is 16.9 Å². The van der Waals surface area contributed by atoms with Crippen LogP contribution in [0.5, 0.6) is 11.5 Å². The number of ether oxygens (including phenoxy) is 2. The predicted octanol–water partition coefficient (Wildman–Crippen LogP) is 4.01. The fraction of sp³-hybridized carbons (Fsp3) is 0.208. The van der Waals surface area contributed by atoms with E-state index in [1.165, 1.54) is 0 Å². The normalized spacial score (nSPS) is 11.8. The summed E-state index contributed by atoms with van der Waals surface area (Å²) in [7, 11) is 1.62. The molecule has 0 saturated heterocycles. The number of methoxy groups -OCH3 is 1. The minimum Gasteiger partial charge on any atom is -0.493 e. The highest BCUT2D eigenvalue weighted by Crippen LogP contribution is 2.26. The number of aromatic nitrogens is 3. The van der Waals surface area contributed by atoms with Gasteiger partial charge in [0.15, 0.2) is 11.5 Å². The lowest BCUT2D eigenvalue weighted by molar-refractivity contribution is 0.0937. The molecule has 2 aromatic heterocycles. The first-order valence-corrected chi connectivity index (χ1v) is 10.1. The number of hydrogen-bond acceptors (Lipinski definition) is 5. The predicted molar refractivity (Wildman–Crippen MR) is 118 cm³/mol. The highest BCUT2D eigenvalue weighted by Gasteiger charge is 2.19. The average Bonchev–Trinajstić information content (AvgIpc) is 3.19. The van der Waals surface area contributed by atoms with Crippen molar-refractivity contribution in [2.75, 3.05) is 13.7 Å². The van der Waals surface area contributed by atoms with E-state index in [4.69, 9.17) is 14.5 Å². The summed E-state index contributed by atoms with van der Waals surface area (Å²) in [4.78, 5) is 21.3. The number of hydrogen-bond donors (Lipinski definition) is 1. The van der Waals surface area contributed by atoms with Crippen molar-refractivity contribution in [1.82, 2.24) is 19.9 Å². The van der Waals surface area contributed by atoms with E-state index in [1.54, 1.807) is 31.6 Å². The topological polar surface area (TPSA) is 78.3 Å². The van der Waals surface area contributed by atoms with Gasteiger partial charge in [0.2, 0.25) is 0 Å². The van der Waals surface area contributed by atoms with Gasteiger partial charge in [-0.3, -0.25) is 9.78 Å². The average molecular weight is 416 g/mol. The summed E-state index contributed by atoms with van der Waals surface area (Å²) in [6.45, 7) is 2.93. The maximum Gasteiger partial charge on any atom is 0.251 e. The van der Waals surface area contributed by atoms with Gasteiger partial charge >= 0.3 is 0 Å². The van der Waals surface area contributed by atoms with Crippen LogP contribution < -0.4 is 14.8 Å². The Bertz CT molecular complexity index is 1170. The van der Waals surface area contributed by atoms with Gasteiger partial charge in [0, 0.05) is 18.0 Å². The fourth-order valence-corrected chi connectivity index (χ4v) is 3.49. The van der Waals surface area contributed by atoms with E-state index in [2.05, 4.69) is 14.9 Å². The molecule has 7 heteroatoms. The van der Waals surface area contributed by atoms with Crippen LogP contribution in [0.2, 0.25) is 0 Å². The fourth-order valence-electron chi connectivity index (χ4n) is 3.49. The molecule has 2 heterocycles. The molecule has 2 aromatic carbocycles. The number of nitrogens with zero attached hydrogens (tertiary/aromatic N) is 3. The van der Waals surface area contributed by atoms with Gasteiger partial charge in [0.25, 0.3) is 5.91 Å². The maximum absolute atomic E-state index is 12.6. The van der Waals surface area contributed by atoms with Crippen LogP contribution in [0.1, 0.15) is 29.1 Å². The van der Waals surface area contributed by atoms with Crippen molar-refractivity contribution in [3.63, 3.8) is 0 Å². The zero-order chi connectivity index (χ0) is 21.6. The molecule has 0 aliphatic heterocycles. The van der Waals surface area contributed by atoms with E-state index in [1.807, 2.05) is 55.5 Å². The molecule has 1 atom stereocenters. The Balaban J connectivity index is 1.55. The van der Waals surface area contributed by atoms with Crippen molar-refractivity contribution >= 4 is 16.9 Å². The first-order valence-electron chi connectivity index (χ1n) is 10.1. The van der Waals surface area contributed by atoms with Crippen LogP contribution in [0.15, 0.2) is 73.1 Å². The highest BCUT2D eigenvalue weighted by atomic mass is 16.5. The number of carbonyl (C=O) groups excluding carboxylic acids is 1. The van der Waals surface area contributed by atoms with Gasteiger partial charge in [0.05, 0.1) is 30.7 Å². The Hall–Kier alpha value is -3.87. The molecule has 1 amide bonds. The molecule has 4 aromatic rings. The first kappa shape index (κ1) is 20.4. The van der Waals surface area contributed by atoms with Crippen LogP contribution in [-0.4, -0.2) is 34.2 Å². The summed E-state index contributed by atoms with van der Waals surface area (Å²) in [5.41, 5.74) is 2.43. The summed E-state index contributed by atoms with van der Waals surface area (Å²) >= 11 is 0. The number of benzene rings is 2. The Morgan fingerprint density at radius 1 is 1.03 bits per heavy atom. The first-order chi connectivity index (χ1) is 15.2. The van der Waals surface area contributed by atoms with Crippen molar-refractivity contribution in [2.24, 2.45) is 0 Å². The second-order valence-corrected chi connectivity index (χ2v) is 7.04. The van der Waals surface area contributed by atoms with Crippen LogP contribution in [0.4, 0.5) is 0 Å². The highest BCUT2D eigenvalue weighted by molar-refractivity contribution is 5.94. The molecular formula is C24H24N4O3. The third-order valence-corrected chi connectivity index (χ3v) is 5.00. The molecule has 0 aliphatic rings. The molecule has 0 bridgehead atoms. The summed E-state index contributed by atoms with van der Waals surface area (Å²) in [6.07, 6.45) is 3.20. The number of imidazole rings is 1. The van der Waals surface area contributed by atoms with E-state index in [9.17, 15) is 4.79 Å². The minimum atomic E-state index is -0.292. The van der Waals surface area contributed by atoms with Crippen molar-refractivity contribution in [3.05, 3.63) is 84.4 Å². The Kier molecular flexibility index (Phi) is 6.12. The zero-order valence-corrected chi connectivity index (χ0v) is 17.5. The van der Waals surface area contributed by atoms with Crippen molar-refractivity contribution < 1.29 is 14.3 Å². The zero-order valence-electron chi connectivity index (χ0n) is 17.5. The Labute approximate surface area is 180 Å². The quantitative estimate of drug-likeness (QED) is 0.470. The molecule has 0 radical (unpaired) electrons. The molecule has 1 N–H and O–H groups in total. The summed E-state index contributed by atoms with van der Waals surface area (Å²) in [6, 6.07) is 18.6. The van der Waals surface area contributed by atoms with Crippen molar-refractivity contribution in [3.8, 4) is 11.5 Å². The van der Waals surface area contributed by atoms with E-state index >= 15 is 0 Å². The molecule has 0 fully saturated rings. The van der Waals surface area contributed by atoms with E-state index in [0.29, 0.717) is 30.2 Å². The third-order valence-electron chi connectivity index (χ3n) is 5.00. The van der Waals surface area contributed by atoms with Crippen molar-refractivity contribution in [2.45, 2.75) is 19.5 Å². The van der Waals surface area contributed by atoms with Crippen molar-refractivity contribution in [1.29, 1.82) is 0 Å². The second kappa shape index (κ2) is 9.30. The monoisotopic (exact) mass is 416 g/mol. The van der Waals surface area contributed by atoms with Gasteiger partial charge in [-0.1, -0.05) is 24.3 Å². The number of para-hydroxylation sites is 4. The van der Waals surface area contributed by atoms with Crippen LogP contribution in [0.3, 0.4) is 0 Å². The van der Waals surface area contributed by atoms with Crippen LogP contribution in [0, 0.1) is 0 Å². The van der Waals surface area contributed by atoms with Gasteiger partial charge in [-0.25, -0.2) is 4.98 Å². The van der Waals surface area contributed by atoms with Gasteiger partial charge in [-0.05, 0) is 43.3 Å². The number of fused-ring (bicyclic) bond motifs is 1. The largest absolute Gasteiger partial charge is 0.493 e. The maximum atomic E-state index is 12.6.